The van der Waals surface area contributed by atoms with Crippen molar-refractivity contribution in [2.45, 2.75) is 9.92 Å². The van der Waals surface area contributed by atoms with E-state index in [0.29, 0.717) is 14.9 Å². The number of rotatable bonds is 3. The summed E-state index contributed by atoms with van der Waals surface area (Å²) >= 11 is 8.50. The van der Waals surface area contributed by atoms with Gasteiger partial charge in [0.25, 0.3) is 0 Å². The van der Waals surface area contributed by atoms with E-state index in [9.17, 15) is 4.79 Å². The zero-order chi connectivity index (χ0) is 11.5. The van der Waals surface area contributed by atoms with E-state index in [2.05, 4.69) is 4.98 Å². The lowest BCUT2D eigenvalue weighted by molar-refractivity contribution is 0.0702. The normalized spacial score (nSPS) is 10.3. The van der Waals surface area contributed by atoms with Gasteiger partial charge >= 0.3 is 5.97 Å². The van der Waals surface area contributed by atoms with Crippen LogP contribution in [0.1, 0.15) is 9.67 Å². The van der Waals surface area contributed by atoms with Crippen molar-refractivity contribution in [2.75, 3.05) is 0 Å². The molecule has 2 aromatic rings. The van der Waals surface area contributed by atoms with Crippen LogP contribution in [0.15, 0.2) is 39.7 Å². The molecule has 82 valence electrons. The number of carboxylic acid groups (broad SMARTS) is 1. The predicted octanol–water partition coefficient (Wildman–Crippen LogP) is 3.65. The molecule has 0 aromatic carbocycles. The molecule has 0 fully saturated rings. The van der Waals surface area contributed by atoms with Crippen LogP contribution in [-0.2, 0) is 0 Å². The fourth-order valence-electron chi connectivity index (χ4n) is 1.04. The van der Waals surface area contributed by atoms with Crippen molar-refractivity contribution in [2.24, 2.45) is 0 Å². The Kier molecular flexibility index (Phi) is 3.48. The Bertz CT molecular complexity index is 527. The number of aromatic carboxylic acids is 1. The Balaban J connectivity index is 2.21. The number of nitrogens with zero attached hydrogens (tertiary/aromatic N) is 1. The molecule has 0 saturated heterocycles. The third-order valence-corrected chi connectivity index (χ3v) is 4.20. The Labute approximate surface area is 105 Å². The minimum atomic E-state index is -0.913. The number of pyridine rings is 1. The Morgan fingerprint density at radius 1 is 1.56 bits per heavy atom. The highest BCUT2D eigenvalue weighted by Crippen LogP contribution is 2.33. The Morgan fingerprint density at radius 2 is 2.38 bits per heavy atom. The summed E-state index contributed by atoms with van der Waals surface area (Å²) in [5, 5.41) is 11.8. The summed E-state index contributed by atoms with van der Waals surface area (Å²) in [5.74, 6) is -0.913. The van der Waals surface area contributed by atoms with E-state index in [4.69, 9.17) is 16.7 Å². The van der Waals surface area contributed by atoms with Crippen LogP contribution in [0.5, 0.6) is 0 Å². The van der Waals surface area contributed by atoms with Crippen molar-refractivity contribution in [1.82, 2.24) is 4.98 Å². The van der Waals surface area contributed by atoms with Gasteiger partial charge in [0, 0.05) is 16.5 Å². The second-order valence-corrected chi connectivity index (χ2v) is 5.22. The number of aromatic nitrogens is 1. The number of carbonyl (C=O) groups is 1. The van der Waals surface area contributed by atoms with E-state index in [1.165, 1.54) is 23.1 Å². The number of hydrogen-bond donors (Lipinski definition) is 1. The van der Waals surface area contributed by atoms with E-state index < -0.39 is 5.97 Å². The maximum absolute atomic E-state index is 10.7. The van der Waals surface area contributed by atoms with Crippen LogP contribution in [0.3, 0.4) is 0 Å². The van der Waals surface area contributed by atoms with Gasteiger partial charge < -0.3 is 5.11 Å². The number of hydrogen-bond acceptors (Lipinski definition) is 4. The molecule has 0 amide bonds. The van der Waals surface area contributed by atoms with Gasteiger partial charge in [0.2, 0.25) is 0 Å². The lowest BCUT2D eigenvalue weighted by Gasteiger charge is -1.99. The van der Waals surface area contributed by atoms with Gasteiger partial charge in [0.05, 0.1) is 5.02 Å². The highest BCUT2D eigenvalue weighted by atomic mass is 35.5. The van der Waals surface area contributed by atoms with Crippen molar-refractivity contribution in [3.63, 3.8) is 0 Å². The van der Waals surface area contributed by atoms with E-state index in [1.807, 2.05) is 0 Å². The maximum Gasteiger partial charge on any atom is 0.345 e. The van der Waals surface area contributed by atoms with Gasteiger partial charge in [-0.25, -0.2) is 9.78 Å². The molecule has 0 unspecified atom stereocenters. The Hall–Kier alpha value is -1.04. The Morgan fingerprint density at radius 3 is 3.00 bits per heavy atom. The summed E-state index contributed by atoms with van der Waals surface area (Å²) in [5.41, 5.74) is 0. The van der Waals surface area contributed by atoms with Gasteiger partial charge in [-0.15, -0.1) is 11.3 Å². The monoisotopic (exact) mass is 271 g/mol. The van der Waals surface area contributed by atoms with Gasteiger partial charge in [-0.05, 0) is 18.2 Å². The fraction of sp³-hybridized carbons (Fsp3) is 0. The van der Waals surface area contributed by atoms with Crippen molar-refractivity contribution >= 4 is 40.7 Å². The minimum Gasteiger partial charge on any atom is -0.477 e. The van der Waals surface area contributed by atoms with Crippen molar-refractivity contribution < 1.29 is 9.90 Å². The first-order valence-electron chi connectivity index (χ1n) is 4.27. The number of thiophene rings is 1. The predicted molar refractivity (Wildman–Crippen MR) is 64.6 cm³/mol. The van der Waals surface area contributed by atoms with Crippen LogP contribution in [0.4, 0.5) is 0 Å². The maximum atomic E-state index is 10.7. The van der Waals surface area contributed by atoms with Crippen molar-refractivity contribution in [3.8, 4) is 0 Å². The van der Waals surface area contributed by atoms with Crippen LogP contribution in [0.2, 0.25) is 5.02 Å². The van der Waals surface area contributed by atoms with Crippen LogP contribution in [0, 0.1) is 0 Å². The average molecular weight is 272 g/mol. The van der Waals surface area contributed by atoms with Crippen LogP contribution in [0.25, 0.3) is 0 Å². The molecule has 2 heterocycles. The van der Waals surface area contributed by atoms with E-state index >= 15 is 0 Å². The molecule has 2 aromatic heterocycles. The highest BCUT2D eigenvalue weighted by molar-refractivity contribution is 7.99. The molecule has 0 aliphatic carbocycles. The van der Waals surface area contributed by atoms with Crippen LogP contribution in [-0.4, -0.2) is 16.1 Å². The minimum absolute atomic E-state index is 0.314. The lowest BCUT2D eigenvalue weighted by Crippen LogP contribution is -1.89. The van der Waals surface area contributed by atoms with E-state index in [-0.39, 0.29) is 0 Å². The van der Waals surface area contributed by atoms with Gasteiger partial charge in [-0.1, -0.05) is 23.4 Å². The first kappa shape index (κ1) is 11.4. The molecule has 3 nitrogen and oxygen atoms in total. The van der Waals surface area contributed by atoms with Gasteiger partial charge in [0.1, 0.15) is 9.90 Å². The molecule has 0 bridgehead atoms. The third kappa shape index (κ3) is 2.55. The van der Waals surface area contributed by atoms with Crippen LogP contribution >= 0.6 is 34.7 Å². The molecule has 6 heteroatoms. The SMILES string of the molecule is O=C(O)c1cc(Sc2ncccc2Cl)cs1. The topological polar surface area (TPSA) is 50.2 Å². The zero-order valence-electron chi connectivity index (χ0n) is 7.88. The second-order valence-electron chi connectivity index (χ2n) is 2.84. The summed E-state index contributed by atoms with van der Waals surface area (Å²) in [6.45, 7) is 0. The van der Waals surface area contributed by atoms with E-state index in [1.54, 1.807) is 29.8 Å². The number of halogens is 1. The molecule has 1 N–H and O–H groups in total. The summed E-state index contributed by atoms with van der Waals surface area (Å²) < 4.78 is 0. The van der Waals surface area contributed by atoms with Crippen LogP contribution < -0.4 is 0 Å². The number of carboxylic acids is 1. The van der Waals surface area contributed by atoms with Gasteiger partial charge in [0.15, 0.2) is 0 Å². The summed E-state index contributed by atoms with van der Waals surface area (Å²) in [6, 6.07) is 5.12. The molecular formula is C10H6ClNO2S2. The summed E-state index contributed by atoms with van der Waals surface area (Å²) in [4.78, 5) is 16.0. The standard InChI is InChI=1S/C10H6ClNO2S2/c11-7-2-1-3-12-9(7)16-6-4-8(10(13)14)15-5-6/h1-5H,(H,13,14). The summed E-state index contributed by atoms with van der Waals surface area (Å²) in [6.07, 6.45) is 1.65. The highest BCUT2D eigenvalue weighted by Gasteiger charge is 2.09. The van der Waals surface area contributed by atoms with Crippen molar-refractivity contribution in [3.05, 3.63) is 39.7 Å². The van der Waals surface area contributed by atoms with E-state index in [0.717, 1.165) is 4.90 Å². The molecular weight excluding hydrogens is 266 g/mol. The molecule has 0 radical (unpaired) electrons. The van der Waals surface area contributed by atoms with Gasteiger partial charge in [-0.2, -0.15) is 0 Å². The second kappa shape index (κ2) is 4.86. The molecule has 16 heavy (non-hydrogen) atoms. The zero-order valence-corrected chi connectivity index (χ0v) is 10.3. The molecule has 0 aliphatic heterocycles. The lowest BCUT2D eigenvalue weighted by atomic mass is 10.5. The quantitative estimate of drug-likeness (QED) is 0.926. The summed E-state index contributed by atoms with van der Waals surface area (Å²) in [7, 11) is 0. The molecule has 2 rings (SSSR count). The smallest absolute Gasteiger partial charge is 0.345 e. The molecule has 0 spiro atoms. The largest absolute Gasteiger partial charge is 0.477 e. The molecule has 0 atom stereocenters. The molecule has 0 aliphatic rings. The average Bonchev–Trinajstić information content (AvgIpc) is 2.70. The molecule has 0 saturated carbocycles. The fourth-order valence-corrected chi connectivity index (χ4v) is 2.98. The first-order valence-corrected chi connectivity index (χ1v) is 6.34. The third-order valence-electron chi connectivity index (χ3n) is 1.73. The van der Waals surface area contributed by atoms with Crippen molar-refractivity contribution in [1.29, 1.82) is 0 Å². The first-order chi connectivity index (χ1) is 7.66. The van der Waals surface area contributed by atoms with Gasteiger partial charge in [-0.3, -0.25) is 0 Å².